The van der Waals surface area contributed by atoms with Gasteiger partial charge in [-0.1, -0.05) is 23.4 Å². The first-order valence-corrected chi connectivity index (χ1v) is 8.96. The number of aliphatic hydroxyl groups is 1. The van der Waals surface area contributed by atoms with E-state index < -0.39 is 17.7 Å². The first-order chi connectivity index (χ1) is 13.1. The molecule has 0 bridgehead atoms. The van der Waals surface area contributed by atoms with Crippen LogP contribution in [0.2, 0.25) is 0 Å². The zero-order valence-corrected chi connectivity index (χ0v) is 14.8. The van der Waals surface area contributed by atoms with Gasteiger partial charge in [-0.3, -0.25) is 4.79 Å². The Bertz CT molecular complexity index is 811. The number of carbonyl (C=O) groups is 1. The van der Waals surface area contributed by atoms with E-state index in [-0.39, 0.29) is 23.7 Å². The molecule has 8 nitrogen and oxygen atoms in total. The summed E-state index contributed by atoms with van der Waals surface area (Å²) in [5.41, 5.74) is 0.374. The summed E-state index contributed by atoms with van der Waals surface area (Å²) in [7, 11) is 0. The maximum atomic E-state index is 13.8. The van der Waals surface area contributed by atoms with Crippen LogP contribution in [0.1, 0.15) is 35.0 Å². The molecule has 0 aliphatic carbocycles. The molecule has 0 saturated carbocycles. The van der Waals surface area contributed by atoms with Crippen LogP contribution in [0.15, 0.2) is 30.5 Å². The van der Waals surface area contributed by atoms with Crippen LogP contribution in [0.5, 0.6) is 0 Å². The number of aromatic nitrogens is 3. The Morgan fingerprint density at radius 1 is 1.26 bits per heavy atom. The van der Waals surface area contributed by atoms with Gasteiger partial charge in [-0.15, -0.1) is 5.10 Å². The summed E-state index contributed by atoms with van der Waals surface area (Å²) < 4.78 is 26.4. The van der Waals surface area contributed by atoms with Gasteiger partial charge in [0, 0.05) is 31.5 Å². The van der Waals surface area contributed by atoms with Gasteiger partial charge in [-0.2, -0.15) is 0 Å². The van der Waals surface area contributed by atoms with E-state index in [0.29, 0.717) is 39.1 Å². The molecule has 1 aromatic carbocycles. The number of benzene rings is 1. The van der Waals surface area contributed by atoms with E-state index in [1.807, 2.05) is 0 Å². The summed E-state index contributed by atoms with van der Waals surface area (Å²) in [6.07, 6.45) is 1.64. The van der Waals surface area contributed by atoms with Crippen LogP contribution in [0, 0.1) is 5.82 Å². The minimum Gasteiger partial charge on any atom is -0.386 e. The molecule has 1 aromatic heterocycles. The van der Waals surface area contributed by atoms with Gasteiger partial charge in [0.1, 0.15) is 11.9 Å². The number of likely N-dealkylation sites (tertiary alicyclic amines) is 1. The highest BCUT2D eigenvalue weighted by molar-refractivity contribution is 5.92. The van der Waals surface area contributed by atoms with Gasteiger partial charge >= 0.3 is 0 Å². The van der Waals surface area contributed by atoms with E-state index in [9.17, 15) is 14.3 Å². The number of carbonyl (C=O) groups excluding carboxylic acids is 1. The molecule has 3 heterocycles. The quantitative estimate of drug-likeness (QED) is 0.860. The zero-order valence-electron chi connectivity index (χ0n) is 14.8. The number of hydrogen-bond acceptors (Lipinski definition) is 6. The number of rotatable bonds is 4. The lowest BCUT2D eigenvalue weighted by Crippen LogP contribution is -2.47. The average Bonchev–Trinajstić information content (AvgIpc) is 3.32. The van der Waals surface area contributed by atoms with Crippen molar-refractivity contribution in [1.82, 2.24) is 19.9 Å². The Kier molecular flexibility index (Phi) is 4.90. The lowest BCUT2D eigenvalue weighted by Gasteiger charge is -2.37. The normalized spacial score (nSPS) is 20.1. The van der Waals surface area contributed by atoms with Crippen LogP contribution in [-0.4, -0.2) is 63.0 Å². The first-order valence-electron chi connectivity index (χ1n) is 8.96. The van der Waals surface area contributed by atoms with Crippen LogP contribution in [-0.2, 0) is 16.0 Å². The molecule has 2 saturated heterocycles. The Balaban J connectivity index is 1.37. The predicted molar refractivity (Wildman–Crippen MR) is 91.2 cm³/mol. The third kappa shape index (κ3) is 3.71. The summed E-state index contributed by atoms with van der Waals surface area (Å²) in [5.74, 6) is -1.26. The fourth-order valence-electron chi connectivity index (χ4n) is 3.50. The van der Waals surface area contributed by atoms with Gasteiger partial charge in [0.2, 0.25) is 0 Å². The van der Waals surface area contributed by atoms with Gasteiger partial charge < -0.3 is 19.5 Å². The Hall–Kier alpha value is -2.36. The molecule has 0 unspecified atom stereocenters. The second-order valence-corrected chi connectivity index (χ2v) is 6.76. The molecule has 2 aliphatic heterocycles. The standard InChI is InChI=1S/C18H21FN4O4/c19-14-4-2-1-3-13(14)16(24)12-23-11-15(20-21-23)17(25)22-7-5-18(6-8-22)26-9-10-27-18/h1-4,11,16,24H,5-10,12H2/t16-/m0/s1. The molecule has 0 radical (unpaired) electrons. The maximum Gasteiger partial charge on any atom is 0.276 e. The number of hydrogen-bond donors (Lipinski definition) is 1. The summed E-state index contributed by atoms with van der Waals surface area (Å²) >= 11 is 0. The molecule has 2 fully saturated rings. The van der Waals surface area contributed by atoms with Crippen molar-refractivity contribution in [2.45, 2.75) is 31.3 Å². The third-order valence-corrected chi connectivity index (χ3v) is 5.01. The third-order valence-electron chi connectivity index (χ3n) is 5.01. The van der Waals surface area contributed by atoms with Gasteiger partial charge in [0.05, 0.1) is 26.0 Å². The summed E-state index contributed by atoms with van der Waals surface area (Å²) in [5, 5.41) is 18.0. The molecule has 144 valence electrons. The van der Waals surface area contributed by atoms with Crippen molar-refractivity contribution in [3.8, 4) is 0 Å². The minimum atomic E-state index is -1.08. The van der Waals surface area contributed by atoms with E-state index in [0.717, 1.165) is 0 Å². The molecule has 1 N–H and O–H groups in total. The van der Waals surface area contributed by atoms with Crippen LogP contribution in [0.3, 0.4) is 0 Å². The lowest BCUT2D eigenvalue weighted by atomic mass is 10.0. The van der Waals surface area contributed by atoms with E-state index in [1.165, 1.54) is 23.0 Å². The topological polar surface area (TPSA) is 89.7 Å². The molecule has 1 atom stereocenters. The molecular weight excluding hydrogens is 355 g/mol. The van der Waals surface area contributed by atoms with Crippen molar-refractivity contribution in [3.05, 3.63) is 47.5 Å². The Labute approximate surface area is 155 Å². The predicted octanol–water partition coefficient (Wildman–Crippen LogP) is 1.13. The molecule has 27 heavy (non-hydrogen) atoms. The highest BCUT2D eigenvalue weighted by Crippen LogP contribution is 2.31. The average molecular weight is 376 g/mol. The highest BCUT2D eigenvalue weighted by atomic mass is 19.1. The van der Waals surface area contributed by atoms with Gasteiger partial charge in [-0.05, 0) is 6.07 Å². The number of halogens is 1. The fraction of sp³-hybridized carbons (Fsp3) is 0.500. The van der Waals surface area contributed by atoms with E-state index in [1.54, 1.807) is 17.0 Å². The maximum absolute atomic E-state index is 13.8. The second kappa shape index (κ2) is 7.34. The van der Waals surface area contributed by atoms with Crippen molar-refractivity contribution in [2.24, 2.45) is 0 Å². The van der Waals surface area contributed by atoms with Gasteiger partial charge in [-0.25, -0.2) is 9.07 Å². The van der Waals surface area contributed by atoms with E-state index in [2.05, 4.69) is 10.3 Å². The van der Waals surface area contributed by atoms with Crippen molar-refractivity contribution >= 4 is 5.91 Å². The van der Waals surface area contributed by atoms with Gasteiger partial charge in [0.25, 0.3) is 5.91 Å². The van der Waals surface area contributed by atoms with Gasteiger partial charge in [0.15, 0.2) is 11.5 Å². The van der Waals surface area contributed by atoms with Crippen molar-refractivity contribution < 1.29 is 23.8 Å². The smallest absolute Gasteiger partial charge is 0.276 e. The van der Waals surface area contributed by atoms with Crippen molar-refractivity contribution in [1.29, 1.82) is 0 Å². The molecular formula is C18H21FN4O4. The molecule has 1 amide bonds. The monoisotopic (exact) mass is 376 g/mol. The molecule has 2 aromatic rings. The highest BCUT2D eigenvalue weighted by Gasteiger charge is 2.41. The second-order valence-electron chi connectivity index (χ2n) is 6.76. The molecule has 4 rings (SSSR count). The Morgan fingerprint density at radius 2 is 1.96 bits per heavy atom. The lowest BCUT2D eigenvalue weighted by molar-refractivity contribution is -0.181. The fourth-order valence-corrected chi connectivity index (χ4v) is 3.50. The number of aliphatic hydroxyl groups excluding tert-OH is 1. The zero-order chi connectivity index (χ0) is 18.9. The van der Waals surface area contributed by atoms with Crippen LogP contribution in [0.25, 0.3) is 0 Å². The van der Waals surface area contributed by atoms with Crippen LogP contribution >= 0.6 is 0 Å². The molecule has 1 spiro atoms. The summed E-state index contributed by atoms with van der Waals surface area (Å²) in [6.45, 7) is 2.22. The Morgan fingerprint density at radius 3 is 2.67 bits per heavy atom. The molecule has 9 heteroatoms. The van der Waals surface area contributed by atoms with Crippen molar-refractivity contribution in [3.63, 3.8) is 0 Å². The number of amides is 1. The van der Waals surface area contributed by atoms with E-state index in [4.69, 9.17) is 9.47 Å². The minimum absolute atomic E-state index is 0.00596. The first kappa shape index (κ1) is 18.0. The largest absolute Gasteiger partial charge is 0.386 e. The van der Waals surface area contributed by atoms with Crippen LogP contribution < -0.4 is 0 Å². The van der Waals surface area contributed by atoms with Crippen LogP contribution in [0.4, 0.5) is 4.39 Å². The summed E-state index contributed by atoms with van der Waals surface area (Å²) in [6, 6.07) is 6.01. The summed E-state index contributed by atoms with van der Waals surface area (Å²) in [4.78, 5) is 14.3. The molecule has 2 aliphatic rings. The number of ether oxygens (including phenoxy) is 2. The number of piperidine rings is 1. The number of nitrogens with zero attached hydrogens (tertiary/aromatic N) is 4. The van der Waals surface area contributed by atoms with E-state index >= 15 is 0 Å². The van der Waals surface area contributed by atoms with Crippen molar-refractivity contribution in [2.75, 3.05) is 26.3 Å². The SMILES string of the molecule is O=C(c1cn(C[C@H](O)c2ccccc2F)nn1)N1CCC2(CC1)OCCO2.